The van der Waals surface area contributed by atoms with E-state index in [2.05, 4.69) is 9.88 Å². The van der Waals surface area contributed by atoms with Crippen LogP contribution in [0.5, 0.6) is 0 Å². The van der Waals surface area contributed by atoms with Crippen LogP contribution in [0.15, 0.2) is 24.5 Å². The summed E-state index contributed by atoms with van der Waals surface area (Å²) in [5.74, 6) is -0.366. The van der Waals surface area contributed by atoms with Crippen LogP contribution in [-0.2, 0) is 11.3 Å². The molecule has 1 aliphatic rings. The van der Waals surface area contributed by atoms with Gasteiger partial charge in [0, 0.05) is 31.9 Å². The van der Waals surface area contributed by atoms with Crippen molar-refractivity contribution in [3.8, 4) is 0 Å². The maximum absolute atomic E-state index is 10.6. The third-order valence-electron chi connectivity index (χ3n) is 2.99. The van der Waals surface area contributed by atoms with Gasteiger partial charge in [-0.15, -0.1) is 0 Å². The number of aromatic nitrogens is 1. The van der Waals surface area contributed by atoms with E-state index in [1.807, 2.05) is 12.1 Å². The standard InChI is InChI=1S/C12H16N2O2/c15-12(16)7-11-3-6-14(9-11)8-10-1-4-13-5-2-10/h1-2,4-5,11H,3,6-9H2,(H,15,16). The number of likely N-dealkylation sites (tertiary alicyclic amines) is 1. The molecular formula is C12H16N2O2. The van der Waals surface area contributed by atoms with Gasteiger partial charge in [-0.05, 0) is 36.6 Å². The first kappa shape index (κ1) is 11.1. The third kappa shape index (κ3) is 3.03. The molecule has 0 bridgehead atoms. The van der Waals surface area contributed by atoms with Gasteiger partial charge in [0.25, 0.3) is 0 Å². The number of carboxylic acids is 1. The molecule has 0 aromatic carbocycles. The minimum absolute atomic E-state index is 0.298. The topological polar surface area (TPSA) is 53.4 Å². The van der Waals surface area contributed by atoms with E-state index < -0.39 is 5.97 Å². The van der Waals surface area contributed by atoms with Crippen LogP contribution < -0.4 is 0 Å². The number of rotatable bonds is 4. The number of carbonyl (C=O) groups is 1. The van der Waals surface area contributed by atoms with E-state index in [-0.39, 0.29) is 0 Å². The molecule has 1 aliphatic heterocycles. The molecule has 1 N–H and O–H groups in total. The van der Waals surface area contributed by atoms with Gasteiger partial charge < -0.3 is 5.11 Å². The van der Waals surface area contributed by atoms with E-state index >= 15 is 0 Å². The third-order valence-corrected chi connectivity index (χ3v) is 2.99. The van der Waals surface area contributed by atoms with Gasteiger partial charge >= 0.3 is 5.97 Å². The summed E-state index contributed by atoms with van der Waals surface area (Å²) < 4.78 is 0. The Morgan fingerprint density at radius 2 is 2.25 bits per heavy atom. The van der Waals surface area contributed by atoms with Crippen molar-refractivity contribution in [3.63, 3.8) is 0 Å². The first-order valence-electron chi connectivity index (χ1n) is 5.57. The van der Waals surface area contributed by atoms with E-state index in [1.165, 1.54) is 5.56 Å². The van der Waals surface area contributed by atoms with Gasteiger partial charge in [0.2, 0.25) is 0 Å². The molecule has 1 aromatic heterocycles. The van der Waals surface area contributed by atoms with Gasteiger partial charge in [-0.2, -0.15) is 0 Å². The van der Waals surface area contributed by atoms with Crippen LogP contribution in [0.1, 0.15) is 18.4 Å². The minimum atomic E-state index is -0.684. The predicted molar refractivity (Wildman–Crippen MR) is 59.9 cm³/mol. The van der Waals surface area contributed by atoms with Crippen molar-refractivity contribution in [3.05, 3.63) is 30.1 Å². The molecule has 0 saturated carbocycles. The quantitative estimate of drug-likeness (QED) is 0.832. The fourth-order valence-corrected chi connectivity index (χ4v) is 2.22. The highest BCUT2D eigenvalue weighted by Crippen LogP contribution is 2.21. The summed E-state index contributed by atoms with van der Waals surface area (Å²) in [7, 11) is 0. The fraction of sp³-hybridized carbons (Fsp3) is 0.500. The summed E-state index contributed by atoms with van der Waals surface area (Å²) in [6, 6.07) is 4.01. The SMILES string of the molecule is O=C(O)CC1CCN(Cc2ccncc2)C1. The zero-order chi connectivity index (χ0) is 11.4. The Hall–Kier alpha value is -1.42. The molecule has 1 fully saturated rings. The van der Waals surface area contributed by atoms with Gasteiger partial charge in [-0.25, -0.2) is 0 Å². The van der Waals surface area contributed by atoms with E-state index in [9.17, 15) is 4.79 Å². The average Bonchev–Trinajstić information content (AvgIpc) is 2.66. The molecule has 0 spiro atoms. The molecule has 0 amide bonds. The van der Waals surface area contributed by atoms with E-state index in [4.69, 9.17) is 5.11 Å². The van der Waals surface area contributed by atoms with E-state index in [0.717, 1.165) is 26.1 Å². The van der Waals surface area contributed by atoms with Crippen LogP contribution in [0.25, 0.3) is 0 Å². The molecule has 1 aromatic rings. The molecule has 4 nitrogen and oxygen atoms in total. The Balaban J connectivity index is 1.83. The molecular weight excluding hydrogens is 204 g/mol. The number of hydrogen-bond donors (Lipinski definition) is 1. The van der Waals surface area contributed by atoms with Gasteiger partial charge in [0.1, 0.15) is 0 Å². The Bertz CT molecular complexity index is 353. The van der Waals surface area contributed by atoms with Crippen LogP contribution in [0.3, 0.4) is 0 Å². The second kappa shape index (κ2) is 5.07. The first-order valence-corrected chi connectivity index (χ1v) is 5.57. The maximum atomic E-state index is 10.6. The molecule has 4 heteroatoms. The highest BCUT2D eigenvalue weighted by atomic mass is 16.4. The molecule has 1 unspecified atom stereocenters. The Labute approximate surface area is 94.9 Å². The maximum Gasteiger partial charge on any atom is 0.303 e. The lowest BCUT2D eigenvalue weighted by Gasteiger charge is -2.15. The lowest BCUT2D eigenvalue weighted by atomic mass is 10.1. The van der Waals surface area contributed by atoms with Crippen molar-refractivity contribution < 1.29 is 9.90 Å². The van der Waals surface area contributed by atoms with Crippen LogP contribution >= 0.6 is 0 Å². The highest BCUT2D eigenvalue weighted by molar-refractivity contribution is 5.67. The van der Waals surface area contributed by atoms with Crippen molar-refractivity contribution in [2.24, 2.45) is 5.92 Å². The summed E-state index contributed by atoms with van der Waals surface area (Å²) in [4.78, 5) is 16.9. The van der Waals surface area contributed by atoms with Crippen LogP contribution in [-0.4, -0.2) is 34.0 Å². The molecule has 2 heterocycles. The molecule has 0 radical (unpaired) electrons. The van der Waals surface area contributed by atoms with Crippen molar-refractivity contribution in [2.45, 2.75) is 19.4 Å². The molecule has 0 aliphatic carbocycles. The average molecular weight is 220 g/mol. The molecule has 2 rings (SSSR count). The molecule has 86 valence electrons. The molecule has 16 heavy (non-hydrogen) atoms. The minimum Gasteiger partial charge on any atom is -0.481 e. The lowest BCUT2D eigenvalue weighted by molar-refractivity contribution is -0.138. The summed E-state index contributed by atoms with van der Waals surface area (Å²) in [6.45, 7) is 2.80. The predicted octanol–water partition coefficient (Wildman–Crippen LogP) is 1.38. The highest BCUT2D eigenvalue weighted by Gasteiger charge is 2.24. The largest absolute Gasteiger partial charge is 0.481 e. The molecule has 1 atom stereocenters. The zero-order valence-corrected chi connectivity index (χ0v) is 9.17. The summed E-state index contributed by atoms with van der Waals surface area (Å²) in [6.07, 6.45) is 4.88. The van der Waals surface area contributed by atoms with Gasteiger partial charge in [-0.1, -0.05) is 0 Å². The lowest BCUT2D eigenvalue weighted by Crippen LogP contribution is -2.20. The van der Waals surface area contributed by atoms with Crippen molar-refractivity contribution in [1.29, 1.82) is 0 Å². The summed E-state index contributed by atoms with van der Waals surface area (Å²) in [5, 5.41) is 8.72. The van der Waals surface area contributed by atoms with E-state index in [1.54, 1.807) is 12.4 Å². The number of hydrogen-bond acceptors (Lipinski definition) is 3. The second-order valence-electron chi connectivity index (χ2n) is 4.34. The Morgan fingerprint density at radius 3 is 2.94 bits per heavy atom. The van der Waals surface area contributed by atoms with Crippen LogP contribution in [0.2, 0.25) is 0 Å². The Kier molecular flexibility index (Phi) is 3.51. The Morgan fingerprint density at radius 1 is 1.50 bits per heavy atom. The zero-order valence-electron chi connectivity index (χ0n) is 9.17. The monoisotopic (exact) mass is 220 g/mol. The van der Waals surface area contributed by atoms with Gasteiger partial charge in [0.05, 0.1) is 0 Å². The normalized spacial score (nSPS) is 21.1. The first-order chi connectivity index (χ1) is 7.74. The van der Waals surface area contributed by atoms with Crippen LogP contribution in [0.4, 0.5) is 0 Å². The summed E-state index contributed by atoms with van der Waals surface area (Å²) >= 11 is 0. The van der Waals surface area contributed by atoms with Crippen molar-refractivity contribution >= 4 is 5.97 Å². The number of aliphatic carboxylic acids is 1. The smallest absolute Gasteiger partial charge is 0.303 e. The number of carboxylic acid groups (broad SMARTS) is 1. The molecule has 1 saturated heterocycles. The second-order valence-corrected chi connectivity index (χ2v) is 4.34. The van der Waals surface area contributed by atoms with Gasteiger partial charge in [0.15, 0.2) is 0 Å². The van der Waals surface area contributed by atoms with Crippen molar-refractivity contribution in [2.75, 3.05) is 13.1 Å². The number of nitrogens with zero attached hydrogens (tertiary/aromatic N) is 2. The van der Waals surface area contributed by atoms with E-state index in [0.29, 0.717) is 12.3 Å². The van der Waals surface area contributed by atoms with Crippen LogP contribution in [0, 0.1) is 5.92 Å². The van der Waals surface area contributed by atoms with Gasteiger partial charge in [-0.3, -0.25) is 14.7 Å². The fourth-order valence-electron chi connectivity index (χ4n) is 2.22. The summed E-state index contributed by atoms with van der Waals surface area (Å²) in [5.41, 5.74) is 1.24. The van der Waals surface area contributed by atoms with Crippen molar-refractivity contribution in [1.82, 2.24) is 9.88 Å². The number of pyridine rings is 1.